The third kappa shape index (κ3) is 6.26. The van der Waals surface area contributed by atoms with Crippen molar-refractivity contribution in [3.05, 3.63) is 72.3 Å². The third-order valence-corrected chi connectivity index (χ3v) is 3.10. The summed E-state index contributed by atoms with van der Waals surface area (Å²) in [6.07, 6.45) is 0. The molecule has 0 saturated carbocycles. The maximum absolute atomic E-state index is 11.9. The minimum atomic E-state index is -0.0536. The van der Waals surface area contributed by atoms with Gasteiger partial charge in [0.25, 0.3) is 0 Å². The van der Waals surface area contributed by atoms with Gasteiger partial charge in [-0.25, -0.2) is 0 Å². The standard InChI is InChI=1S/C19H22N2O2/c1-15(2)14-23-18-10-6-9-17(11-18)20-13-19(22)21-12-16-7-4-3-5-8-16/h3-11,20H,1,12-14H2,2H3,(H,21,22). The molecule has 23 heavy (non-hydrogen) atoms. The Kier molecular flexibility index (Phi) is 6.24. The molecule has 0 saturated heterocycles. The molecular formula is C19H22N2O2. The summed E-state index contributed by atoms with van der Waals surface area (Å²) in [5, 5.41) is 5.97. The van der Waals surface area contributed by atoms with Gasteiger partial charge in [0.05, 0.1) is 6.54 Å². The minimum Gasteiger partial charge on any atom is -0.489 e. The first-order valence-corrected chi connectivity index (χ1v) is 7.55. The zero-order valence-electron chi connectivity index (χ0n) is 13.3. The molecule has 0 heterocycles. The molecule has 0 aliphatic heterocycles. The van der Waals surface area contributed by atoms with E-state index in [1.807, 2.05) is 61.5 Å². The van der Waals surface area contributed by atoms with Crippen molar-refractivity contribution in [2.75, 3.05) is 18.5 Å². The van der Waals surface area contributed by atoms with Crippen LogP contribution in [0.3, 0.4) is 0 Å². The summed E-state index contributed by atoms with van der Waals surface area (Å²) < 4.78 is 5.58. The Labute approximate surface area is 137 Å². The fourth-order valence-electron chi connectivity index (χ4n) is 1.94. The van der Waals surface area contributed by atoms with Crippen molar-refractivity contribution < 1.29 is 9.53 Å². The second-order valence-corrected chi connectivity index (χ2v) is 5.39. The minimum absolute atomic E-state index is 0.0536. The van der Waals surface area contributed by atoms with Crippen molar-refractivity contribution in [2.24, 2.45) is 0 Å². The van der Waals surface area contributed by atoms with Crippen LogP contribution in [0.1, 0.15) is 12.5 Å². The quantitative estimate of drug-likeness (QED) is 0.735. The average molecular weight is 310 g/mol. The molecule has 1 amide bonds. The van der Waals surface area contributed by atoms with E-state index in [1.54, 1.807) is 0 Å². The van der Waals surface area contributed by atoms with Gasteiger partial charge in [0.1, 0.15) is 12.4 Å². The molecular weight excluding hydrogens is 288 g/mol. The first-order chi connectivity index (χ1) is 11.1. The van der Waals surface area contributed by atoms with Gasteiger partial charge in [-0.15, -0.1) is 0 Å². The first kappa shape index (κ1) is 16.6. The molecule has 4 heteroatoms. The van der Waals surface area contributed by atoms with Crippen LogP contribution < -0.4 is 15.4 Å². The Morgan fingerprint density at radius 3 is 2.65 bits per heavy atom. The van der Waals surface area contributed by atoms with E-state index in [2.05, 4.69) is 17.2 Å². The van der Waals surface area contributed by atoms with Crippen LogP contribution in [-0.4, -0.2) is 19.1 Å². The maximum atomic E-state index is 11.9. The lowest BCUT2D eigenvalue weighted by Gasteiger charge is -2.10. The zero-order valence-corrected chi connectivity index (χ0v) is 13.3. The molecule has 0 fully saturated rings. The molecule has 0 bridgehead atoms. The summed E-state index contributed by atoms with van der Waals surface area (Å²) in [7, 11) is 0. The van der Waals surface area contributed by atoms with Crippen molar-refractivity contribution >= 4 is 11.6 Å². The molecule has 0 aromatic heterocycles. The molecule has 2 N–H and O–H groups in total. The van der Waals surface area contributed by atoms with E-state index in [0.29, 0.717) is 13.2 Å². The van der Waals surface area contributed by atoms with Crippen molar-refractivity contribution in [1.82, 2.24) is 5.32 Å². The number of nitrogens with one attached hydrogen (secondary N) is 2. The van der Waals surface area contributed by atoms with Crippen LogP contribution in [0.5, 0.6) is 5.75 Å². The number of carbonyl (C=O) groups excluding carboxylic acids is 1. The van der Waals surface area contributed by atoms with Crippen molar-refractivity contribution in [3.8, 4) is 5.75 Å². The second kappa shape index (κ2) is 8.63. The van der Waals surface area contributed by atoms with Crippen molar-refractivity contribution in [2.45, 2.75) is 13.5 Å². The number of rotatable bonds is 8. The molecule has 120 valence electrons. The summed E-state index contributed by atoms with van der Waals surface area (Å²) in [6.45, 7) is 6.96. The lowest BCUT2D eigenvalue weighted by Crippen LogP contribution is -2.29. The van der Waals surface area contributed by atoms with E-state index in [9.17, 15) is 4.79 Å². The largest absolute Gasteiger partial charge is 0.489 e. The predicted molar refractivity (Wildman–Crippen MR) is 93.5 cm³/mol. The number of ether oxygens (including phenoxy) is 1. The van der Waals surface area contributed by atoms with Gasteiger partial charge in [0.2, 0.25) is 5.91 Å². The molecule has 2 aromatic rings. The predicted octanol–water partition coefficient (Wildman–Crippen LogP) is 3.37. The molecule has 4 nitrogen and oxygen atoms in total. The SMILES string of the molecule is C=C(C)COc1cccc(NCC(=O)NCc2ccccc2)c1. The van der Waals surface area contributed by atoms with E-state index in [0.717, 1.165) is 22.6 Å². The second-order valence-electron chi connectivity index (χ2n) is 5.39. The van der Waals surface area contributed by atoms with Crippen LogP contribution in [0.4, 0.5) is 5.69 Å². The highest BCUT2D eigenvalue weighted by Crippen LogP contribution is 2.17. The summed E-state index contributed by atoms with van der Waals surface area (Å²) in [4.78, 5) is 11.9. The van der Waals surface area contributed by atoms with Gasteiger partial charge < -0.3 is 15.4 Å². The van der Waals surface area contributed by atoms with Crippen LogP contribution in [0.2, 0.25) is 0 Å². The van der Waals surface area contributed by atoms with Gasteiger partial charge in [0.15, 0.2) is 0 Å². The molecule has 0 aliphatic rings. The number of amides is 1. The number of carbonyl (C=O) groups is 1. The Bertz CT molecular complexity index is 653. The molecule has 2 rings (SSSR count). The van der Waals surface area contributed by atoms with E-state index < -0.39 is 0 Å². The van der Waals surface area contributed by atoms with Crippen LogP contribution >= 0.6 is 0 Å². The highest BCUT2D eigenvalue weighted by atomic mass is 16.5. The smallest absolute Gasteiger partial charge is 0.239 e. The van der Waals surface area contributed by atoms with Crippen molar-refractivity contribution in [3.63, 3.8) is 0 Å². The normalized spacial score (nSPS) is 9.96. The molecule has 0 radical (unpaired) electrons. The van der Waals surface area contributed by atoms with E-state index in [1.165, 1.54) is 0 Å². The van der Waals surface area contributed by atoms with E-state index in [4.69, 9.17) is 4.74 Å². The maximum Gasteiger partial charge on any atom is 0.239 e. The number of benzene rings is 2. The number of hydrogen-bond acceptors (Lipinski definition) is 3. The lowest BCUT2D eigenvalue weighted by molar-refractivity contribution is -0.119. The summed E-state index contributed by atoms with van der Waals surface area (Å²) >= 11 is 0. The van der Waals surface area contributed by atoms with Gasteiger partial charge in [-0.2, -0.15) is 0 Å². The van der Waals surface area contributed by atoms with Crippen LogP contribution in [0.25, 0.3) is 0 Å². The summed E-state index contributed by atoms with van der Waals surface area (Å²) in [5.41, 5.74) is 2.89. The molecule has 0 atom stereocenters. The van der Waals surface area contributed by atoms with Crippen LogP contribution in [-0.2, 0) is 11.3 Å². The van der Waals surface area contributed by atoms with Gasteiger partial charge in [-0.1, -0.05) is 43.0 Å². The van der Waals surface area contributed by atoms with Gasteiger partial charge in [-0.05, 0) is 30.2 Å². The lowest BCUT2D eigenvalue weighted by atomic mass is 10.2. The highest BCUT2D eigenvalue weighted by Gasteiger charge is 2.02. The molecule has 0 unspecified atom stereocenters. The van der Waals surface area contributed by atoms with Crippen molar-refractivity contribution in [1.29, 1.82) is 0 Å². The fourth-order valence-corrected chi connectivity index (χ4v) is 1.94. The van der Waals surface area contributed by atoms with Gasteiger partial charge in [0, 0.05) is 18.3 Å². The Hall–Kier alpha value is -2.75. The van der Waals surface area contributed by atoms with Gasteiger partial charge >= 0.3 is 0 Å². The molecule has 0 spiro atoms. The monoisotopic (exact) mass is 310 g/mol. The Morgan fingerprint density at radius 1 is 1.13 bits per heavy atom. The number of hydrogen-bond donors (Lipinski definition) is 2. The number of anilines is 1. The first-order valence-electron chi connectivity index (χ1n) is 7.55. The third-order valence-electron chi connectivity index (χ3n) is 3.10. The van der Waals surface area contributed by atoms with E-state index >= 15 is 0 Å². The summed E-state index contributed by atoms with van der Waals surface area (Å²) in [6, 6.07) is 17.4. The zero-order chi connectivity index (χ0) is 16.5. The average Bonchev–Trinajstić information content (AvgIpc) is 2.57. The fraction of sp³-hybridized carbons (Fsp3) is 0.211. The summed E-state index contributed by atoms with van der Waals surface area (Å²) in [5.74, 6) is 0.699. The molecule has 0 aliphatic carbocycles. The molecule has 2 aromatic carbocycles. The van der Waals surface area contributed by atoms with Crippen LogP contribution in [0, 0.1) is 0 Å². The van der Waals surface area contributed by atoms with Crippen LogP contribution in [0.15, 0.2) is 66.7 Å². The Morgan fingerprint density at radius 2 is 1.91 bits per heavy atom. The van der Waals surface area contributed by atoms with E-state index in [-0.39, 0.29) is 12.5 Å². The highest BCUT2D eigenvalue weighted by molar-refractivity contribution is 5.80. The van der Waals surface area contributed by atoms with Gasteiger partial charge in [-0.3, -0.25) is 4.79 Å². The Balaban J connectivity index is 1.77. The topological polar surface area (TPSA) is 50.4 Å².